The van der Waals surface area contributed by atoms with E-state index in [0.717, 1.165) is 18.0 Å². The molecule has 2 heteroatoms. The van der Waals surface area contributed by atoms with Gasteiger partial charge in [-0.3, -0.25) is 0 Å². The first-order valence-corrected chi connectivity index (χ1v) is 6.69. The van der Waals surface area contributed by atoms with E-state index in [9.17, 15) is 0 Å². The lowest BCUT2D eigenvalue weighted by molar-refractivity contribution is 0.164. The van der Waals surface area contributed by atoms with Crippen molar-refractivity contribution < 1.29 is 0 Å². The van der Waals surface area contributed by atoms with Gasteiger partial charge in [-0.2, -0.15) is 0 Å². The molecule has 2 rings (SSSR count). The van der Waals surface area contributed by atoms with Crippen molar-refractivity contribution >= 4 is 0 Å². The molecule has 0 saturated heterocycles. The van der Waals surface area contributed by atoms with Crippen LogP contribution in [0.15, 0.2) is 0 Å². The Labute approximate surface area is 94.4 Å². The van der Waals surface area contributed by atoms with Crippen LogP contribution in [0.3, 0.4) is 0 Å². The first-order valence-electron chi connectivity index (χ1n) is 6.69. The topological polar surface area (TPSA) is 15.3 Å². The second-order valence-electron chi connectivity index (χ2n) is 5.63. The molecule has 0 aromatic heterocycles. The summed E-state index contributed by atoms with van der Waals surface area (Å²) in [6.07, 6.45) is 8.54. The van der Waals surface area contributed by atoms with Crippen molar-refractivity contribution in [1.82, 2.24) is 10.2 Å². The predicted octanol–water partition coefficient (Wildman–Crippen LogP) is 2.25. The number of likely N-dealkylation sites (N-methyl/N-ethyl adjacent to an activating group) is 1. The molecule has 0 radical (unpaired) electrons. The molecule has 2 aliphatic carbocycles. The summed E-state index contributed by atoms with van der Waals surface area (Å²) in [7, 11) is 2.30. The van der Waals surface area contributed by atoms with Crippen LogP contribution in [0.4, 0.5) is 0 Å². The van der Waals surface area contributed by atoms with E-state index in [1.165, 1.54) is 51.6 Å². The van der Waals surface area contributed by atoms with Crippen LogP contribution in [0.2, 0.25) is 0 Å². The highest BCUT2D eigenvalue weighted by Crippen LogP contribution is 2.26. The smallest absolute Gasteiger partial charge is 0.0107 e. The highest BCUT2D eigenvalue weighted by Gasteiger charge is 2.23. The van der Waals surface area contributed by atoms with Crippen LogP contribution in [-0.2, 0) is 0 Å². The maximum absolute atomic E-state index is 3.60. The van der Waals surface area contributed by atoms with Crippen LogP contribution in [0.25, 0.3) is 0 Å². The van der Waals surface area contributed by atoms with Crippen LogP contribution in [0.1, 0.15) is 45.4 Å². The van der Waals surface area contributed by atoms with Crippen LogP contribution in [0.5, 0.6) is 0 Å². The summed E-state index contributed by atoms with van der Waals surface area (Å²) < 4.78 is 0. The van der Waals surface area contributed by atoms with Gasteiger partial charge in [-0.15, -0.1) is 0 Å². The fraction of sp³-hybridized carbons (Fsp3) is 1.00. The lowest BCUT2D eigenvalue weighted by atomic mass is 9.86. The van der Waals surface area contributed by atoms with E-state index >= 15 is 0 Å². The summed E-state index contributed by atoms with van der Waals surface area (Å²) in [5.74, 6) is 0.947. The lowest BCUT2D eigenvalue weighted by Gasteiger charge is -2.34. The SMILES string of the molecule is CC1CCCC(N(C)CCNC2CC2)C1. The van der Waals surface area contributed by atoms with Gasteiger partial charge >= 0.3 is 0 Å². The van der Waals surface area contributed by atoms with Gasteiger partial charge in [0.15, 0.2) is 0 Å². The minimum Gasteiger partial charge on any atom is -0.313 e. The fourth-order valence-corrected chi connectivity index (χ4v) is 2.72. The number of nitrogens with one attached hydrogen (secondary N) is 1. The average Bonchev–Trinajstić information content (AvgIpc) is 3.01. The third-order valence-corrected chi connectivity index (χ3v) is 4.01. The van der Waals surface area contributed by atoms with Crippen molar-refractivity contribution in [2.45, 2.75) is 57.5 Å². The van der Waals surface area contributed by atoms with Crippen LogP contribution >= 0.6 is 0 Å². The molecule has 0 bridgehead atoms. The highest BCUT2D eigenvalue weighted by atomic mass is 15.1. The van der Waals surface area contributed by atoms with Gasteiger partial charge in [0.05, 0.1) is 0 Å². The third-order valence-electron chi connectivity index (χ3n) is 4.01. The lowest BCUT2D eigenvalue weighted by Crippen LogP contribution is -2.39. The summed E-state index contributed by atoms with van der Waals surface area (Å²) in [5.41, 5.74) is 0. The largest absolute Gasteiger partial charge is 0.313 e. The molecular weight excluding hydrogens is 184 g/mol. The summed E-state index contributed by atoms with van der Waals surface area (Å²) >= 11 is 0. The van der Waals surface area contributed by atoms with Gasteiger partial charge in [0.25, 0.3) is 0 Å². The van der Waals surface area contributed by atoms with E-state index in [0.29, 0.717) is 0 Å². The Hall–Kier alpha value is -0.0800. The second kappa shape index (κ2) is 5.31. The van der Waals surface area contributed by atoms with E-state index in [4.69, 9.17) is 0 Å². The molecule has 0 heterocycles. The summed E-state index contributed by atoms with van der Waals surface area (Å²) in [5, 5.41) is 3.60. The standard InChI is InChI=1S/C13H26N2/c1-11-4-3-5-13(10-11)15(2)9-8-14-12-6-7-12/h11-14H,3-10H2,1-2H3. The van der Waals surface area contributed by atoms with Gasteiger partial charge in [-0.25, -0.2) is 0 Å². The Kier molecular flexibility index (Phi) is 4.04. The van der Waals surface area contributed by atoms with Gasteiger partial charge in [0.1, 0.15) is 0 Å². The van der Waals surface area contributed by atoms with E-state index < -0.39 is 0 Å². The van der Waals surface area contributed by atoms with Gasteiger partial charge in [-0.1, -0.05) is 19.8 Å². The molecule has 0 aliphatic heterocycles. The van der Waals surface area contributed by atoms with Crippen molar-refractivity contribution in [2.75, 3.05) is 20.1 Å². The Morgan fingerprint density at radius 3 is 2.67 bits per heavy atom. The highest BCUT2D eigenvalue weighted by molar-refractivity contribution is 4.82. The predicted molar refractivity (Wildman–Crippen MR) is 65.1 cm³/mol. The number of nitrogens with zero attached hydrogens (tertiary/aromatic N) is 1. The monoisotopic (exact) mass is 210 g/mol. The van der Waals surface area contributed by atoms with Crippen LogP contribution in [-0.4, -0.2) is 37.1 Å². The van der Waals surface area contributed by atoms with Crippen LogP contribution in [0, 0.1) is 5.92 Å². The van der Waals surface area contributed by atoms with Crippen molar-refractivity contribution in [3.63, 3.8) is 0 Å². The third kappa shape index (κ3) is 3.76. The maximum Gasteiger partial charge on any atom is 0.0107 e. The average molecular weight is 210 g/mol. The first kappa shape index (κ1) is 11.4. The summed E-state index contributed by atoms with van der Waals surface area (Å²) in [4.78, 5) is 2.57. The molecular formula is C13H26N2. The first-order chi connectivity index (χ1) is 7.25. The van der Waals surface area contributed by atoms with Crippen molar-refractivity contribution in [1.29, 1.82) is 0 Å². The molecule has 2 unspecified atom stereocenters. The zero-order valence-corrected chi connectivity index (χ0v) is 10.3. The van der Waals surface area contributed by atoms with E-state index in [1.807, 2.05) is 0 Å². The minimum absolute atomic E-state index is 0.856. The van der Waals surface area contributed by atoms with E-state index in [2.05, 4.69) is 24.2 Å². The molecule has 88 valence electrons. The molecule has 2 atom stereocenters. The molecule has 15 heavy (non-hydrogen) atoms. The van der Waals surface area contributed by atoms with Gasteiger partial charge in [0, 0.05) is 25.2 Å². The fourth-order valence-electron chi connectivity index (χ4n) is 2.72. The molecule has 2 aliphatic rings. The quantitative estimate of drug-likeness (QED) is 0.749. The second-order valence-corrected chi connectivity index (χ2v) is 5.63. The molecule has 0 amide bonds. The molecule has 0 aromatic carbocycles. The number of rotatable bonds is 5. The molecule has 0 aromatic rings. The Balaban J connectivity index is 1.62. The molecule has 1 N–H and O–H groups in total. The Morgan fingerprint density at radius 2 is 2.00 bits per heavy atom. The van der Waals surface area contributed by atoms with Gasteiger partial charge in [-0.05, 0) is 38.6 Å². The summed E-state index contributed by atoms with van der Waals surface area (Å²) in [6, 6.07) is 1.72. The maximum atomic E-state index is 3.60. The summed E-state index contributed by atoms with van der Waals surface area (Å²) in [6.45, 7) is 4.82. The van der Waals surface area contributed by atoms with E-state index in [1.54, 1.807) is 0 Å². The normalized spacial score (nSPS) is 32.2. The number of hydrogen-bond acceptors (Lipinski definition) is 2. The Morgan fingerprint density at radius 1 is 1.20 bits per heavy atom. The van der Waals surface area contributed by atoms with Crippen molar-refractivity contribution in [3.05, 3.63) is 0 Å². The van der Waals surface area contributed by atoms with E-state index in [-0.39, 0.29) is 0 Å². The molecule has 2 nitrogen and oxygen atoms in total. The van der Waals surface area contributed by atoms with Crippen LogP contribution < -0.4 is 5.32 Å². The minimum atomic E-state index is 0.856. The zero-order chi connectivity index (χ0) is 10.7. The molecule has 0 spiro atoms. The number of hydrogen-bond donors (Lipinski definition) is 1. The Bertz CT molecular complexity index is 189. The molecule has 2 saturated carbocycles. The van der Waals surface area contributed by atoms with Gasteiger partial charge < -0.3 is 10.2 Å². The zero-order valence-electron chi connectivity index (χ0n) is 10.3. The molecule has 2 fully saturated rings. The van der Waals surface area contributed by atoms with Crippen molar-refractivity contribution in [3.8, 4) is 0 Å². The van der Waals surface area contributed by atoms with Gasteiger partial charge in [0.2, 0.25) is 0 Å². The van der Waals surface area contributed by atoms with Crippen molar-refractivity contribution in [2.24, 2.45) is 5.92 Å².